The minimum atomic E-state index is -0.278. The Hall–Kier alpha value is -0.420. The Bertz CT molecular complexity index is 383. The molecular formula is C11H14Cl2N2O2. The molecule has 0 radical (unpaired) electrons. The van der Waals surface area contributed by atoms with Gasteiger partial charge >= 0.3 is 0 Å². The van der Waals surface area contributed by atoms with Gasteiger partial charge in [0, 0.05) is 5.56 Å². The Labute approximate surface area is 110 Å². The third-order valence-electron chi connectivity index (χ3n) is 2.55. The molecule has 0 saturated carbocycles. The van der Waals surface area contributed by atoms with Crippen molar-refractivity contribution in [2.75, 3.05) is 19.8 Å². The molecule has 2 heterocycles. The lowest BCUT2D eigenvalue weighted by molar-refractivity contribution is -0.0935. The molecule has 1 unspecified atom stereocenters. The van der Waals surface area contributed by atoms with E-state index in [9.17, 15) is 0 Å². The second kappa shape index (κ2) is 5.48. The molecule has 0 N–H and O–H groups in total. The number of rotatable bonds is 2. The van der Waals surface area contributed by atoms with Crippen LogP contribution in [0.1, 0.15) is 37.3 Å². The number of aromatic nitrogens is 2. The fraction of sp³-hybridized carbons (Fsp3) is 0.636. The van der Waals surface area contributed by atoms with Crippen molar-refractivity contribution in [3.8, 4) is 0 Å². The highest BCUT2D eigenvalue weighted by molar-refractivity contribution is 6.34. The van der Waals surface area contributed by atoms with Crippen molar-refractivity contribution < 1.29 is 9.47 Å². The Morgan fingerprint density at radius 1 is 1.18 bits per heavy atom. The topological polar surface area (TPSA) is 44.2 Å². The predicted octanol–water partition coefficient (Wildman–Crippen LogP) is 2.99. The van der Waals surface area contributed by atoms with Crippen molar-refractivity contribution >= 4 is 23.2 Å². The standard InChI is InChI=1S/C11H14Cl2N2O2/c1-6(2)8-9(12)14-11(15-10(8)13)7-5-16-3-4-17-7/h6-7H,3-5H2,1-2H3. The van der Waals surface area contributed by atoms with Gasteiger partial charge in [-0.1, -0.05) is 37.0 Å². The monoisotopic (exact) mass is 276 g/mol. The molecule has 0 aliphatic carbocycles. The van der Waals surface area contributed by atoms with Crippen LogP contribution in [0, 0.1) is 0 Å². The number of halogens is 2. The van der Waals surface area contributed by atoms with Gasteiger partial charge in [-0.05, 0) is 5.92 Å². The molecule has 1 aromatic heterocycles. The Balaban J connectivity index is 2.31. The maximum absolute atomic E-state index is 6.12. The fourth-order valence-corrected chi connectivity index (χ4v) is 2.53. The molecular weight excluding hydrogens is 263 g/mol. The Kier molecular flexibility index (Phi) is 4.20. The molecule has 0 bridgehead atoms. The van der Waals surface area contributed by atoms with E-state index in [1.807, 2.05) is 13.8 Å². The van der Waals surface area contributed by atoms with E-state index in [0.29, 0.717) is 36.0 Å². The zero-order valence-corrected chi connectivity index (χ0v) is 11.3. The summed E-state index contributed by atoms with van der Waals surface area (Å²) in [6.07, 6.45) is -0.278. The number of hydrogen-bond donors (Lipinski definition) is 0. The van der Waals surface area contributed by atoms with Gasteiger partial charge in [0.25, 0.3) is 0 Å². The van der Waals surface area contributed by atoms with Gasteiger partial charge in [0.2, 0.25) is 0 Å². The van der Waals surface area contributed by atoms with Crippen molar-refractivity contribution in [3.05, 3.63) is 21.7 Å². The fourth-order valence-electron chi connectivity index (χ4n) is 1.69. The van der Waals surface area contributed by atoms with E-state index in [1.165, 1.54) is 0 Å². The molecule has 0 spiro atoms. The second-order valence-electron chi connectivity index (χ2n) is 4.17. The molecule has 1 atom stereocenters. The summed E-state index contributed by atoms with van der Waals surface area (Å²) in [5.74, 6) is 0.677. The van der Waals surface area contributed by atoms with E-state index in [0.717, 1.165) is 5.56 Å². The summed E-state index contributed by atoms with van der Waals surface area (Å²) in [4.78, 5) is 8.49. The van der Waals surface area contributed by atoms with E-state index in [1.54, 1.807) is 0 Å². The molecule has 94 valence electrons. The lowest BCUT2D eigenvalue weighted by Crippen LogP contribution is -2.24. The average Bonchev–Trinajstić information content (AvgIpc) is 2.28. The molecule has 4 nitrogen and oxygen atoms in total. The Morgan fingerprint density at radius 2 is 1.82 bits per heavy atom. The molecule has 0 aromatic carbocycles. The highest BCUT2D eigenvalue weighted by Gasteiger charge is 2.23. The van der Waals surface area contributed by atoms with Gasteiger partial charge in [0.1, 0.15) is 16.4 Å². The van der Waals surface area contributed by atoms with Crippen LogP contribution in [-0.4, -0.2) is 29.8 Å². The molecule has 1 aliphatic heterocycles. The van der Waals surface area contributed by atoms with E-state index in [2.05, 4.69) is 9.97 Å². The maximum Gasteiger partial charge on any atom is 0.162 e. The number of ether oxygens (including phenoxy) is 2. The minimum Gasteiger partial charge on any atom is -0.376 e. The van der Waals surface area contributed by atoms with Crippen LogP contribution in [0.2, 0.25) is 10.3 Å². The second-order valence-corrected chi connectivity index (χ2v) is 4.88. The first-order valence-corrected chi connectivity index (χ1v) is 6.27. The van der Waals surface area contributed by atoms with Gasteiger partial charge < -0.3 is 9.47 Å². The van der Waals surface area contributed by atoms with Gasteiger partial charge in [0.05, 0.1) is 19.8 Å². The van der Waals surface area contributed by atoms with Crippen LogP contribution < -0.4 is 0 Å². The average molecular weight is 277 g/mol. The summed E-state index contributed by atoms with van der Waals surface area (Å²) < 4.78 is 10.8. The summed E-state index contributed by atoms with van der Waals surface area (Å²) >= 11 is 12.2. The summed E-state index contributed by atoms with van der Waals surface area (Å²) in [5.41, 5.74) is 0.772. The van der Waals surface area contributed by atoms with Crippen LogP contribution >= 0.6 is 23.2 Å². The maximum atomic E-state index is 6.12. The third kappa shape index (κ3) is 2.88. The molecule has 1 aliphatic rings. The molecule has 1 fully saturated rings. The summed E-state index contributed by atoms with van der Waals surface area (Å²) in [7, 11) is 0. The summed E-state index contributed by atoms with van der Waals surface area (Å²) in [6.45, 7) is 5.57. The first-order chi connectivity index (χ1) is 8.09. The molecule has 6 heteroatoms. The van der Waals surface area contributed by atoms with E-state index in [4.69, 9.17) is 32.7 Å². The summed E-state index contributed by atoms with van der Waals surface area (Å²) in [5, 5.41) is 0.786. The van der Waals surface area contributed by atoms with Crippen molar-refractivity contribution in [2.24, 2.45) is 0 Å². The lowest BCUT2D eigenvalue weighted by atomic mass is 10.1. The van der Waals surface area contributed by atoms with Crippen molar-refractivity contribution in [1.82, 2.24) is 9.97 Å². The van der Waals surface area contributed by atoms with Gasteiger partial charge in [-0.15, -0.1) is 0 Å². The minimum absolute atomic E-state index is 0.188. The highest BCUT2D eigenvalue weighted by atomic mass is 35.5. The van der Waals surface area contributed by atoms with Gasteiger partial charge in [0.15, 0.2) is 5.82 Å². The van der Waals surface area contributed by atoms with Crippen LogP contribution in [0.5, 0.6) is 0 Å². The zero-order chi connectivity index (χ0) is 12.4. The van der Waals surface area contributed by atoms with E-state index >= 15 is 0 Å². The van der Waals surface area contributed by atoms with Crippen LogP contribution in [-0.2, 0) is 9.47 Å². The van der Waals surface area contributed by atoms with Crippen LogP contribution in [0.3, 0.4) is 0 Å². The first-order valence-electron chi connectivity index (χ1n) is 5.51. The van der Waals surface area contributed by atoms with Gasteiger partial charge in [-0.2, -0.15) is 0 Å². The quantitative estimate of drug-likeness (QED) is 0.779. The van der Waals surface area contributed by atoms with Crippen molar-refractivity contribution in [2.45, 2.75) is 25.9 Å². The third-order valence-corrected chi connectivity index (χ3v) is 3.13. The van der Waals surface area contributed by atoms with Crippen molar-refractivity contribution in [1.29, 1.82) is 0 Å². The van der Waals surface area contributed by atoms with Crippen molar-refractivity contribution in [3.63, 3.8) is 0 Å². The SMILES string of the molecule is CC(C)c1c(Cl)nc(C2COCCO2)nc1Cl. The molecule has 0 amide bonds. The highest BCUT2D eigenvalue weighted by Crippen LogP contribution is 2.30. The van der Waals surface area contributed by atoms with Crippen LogP contribution in [0.4, 0.5) is 0 Å². The predicted molar refractivity (Wildman–Crippen MR) is 65.7 cm³/mol. The number of nitrogens with zero attached hydrogens (tertiary/aromatic N) is 2. The smallest absolute Gasteiger partial charge is 0.162 e. The number of hydrogen-bond acceptors (Lipinski definition) is 4. The largest absolute Gasteiger partial charge is 0.376 e. The molecule has 2 rings (SSSR count). The van der Waals surface area contributed by atoms with E-state index < -0.39 is 0 Å². The molecule has 1 saturated heterocycles. The van der Waals surface area contributed by atoms with Gasteiger partial charge in [-0.3, -0.25) is 0 Å². The molecule has 1 aromatic rings. The van der Waals surface area contributed by atoms with Gasteiger partial charge in [-0.25, -0.2) is 9.97 Å². The van der Waals surface area contributed by atoms with Crippen LogP contribution in [0.25, 0.3) is 0 Å². The Morgan fingerprint density at radius 3 is 2.29 bits per heavy atom. The first kappa shape index (κ1) is 13.0. The van der Waals surface area contributed by atoms with Crippen LogP contribution in [0.15, 0.2) is 0 Å². The normalized spacial score (nSPS) is 20.9. The van der Waals surface area contributed by atoms with E-state index in [-0.39, 0.29) is 12.0 Å². The zero-order valence-electron chi connectivity index (χ0n) is 9.74. The summed E-state index contributed by atoms with van der Waals surface area (Å²) in [6, 6.07) is 0. The molecule has 17 heavy (non-hydrogen) atoms. The lowest BCUT2D eigenvalue weighted by Gasteiger charge is -2.22.